The van der Waals surface area contributed by atoms with Gasteiger partial charge in [0.25, 0.3) is 0 Å². The molecule has 0 aliphatic carbocycles. The number of carbonyl (C=O) groups is 2. The Morgan fingerprint density at radius 3 is 2.40 bits per heavy atom. The Balaban J connectivity index is 2.36. The fraction of sp³-hybridized carbons (Fsp3) is 0.222. The van der Waals surface area contributed by atoms with Gasteiger partial charge >= 0.3 is 5.97 Å². The van der Waals surface area contributed by atoms with E-state index in [1.807, 2.05) is 0 Å². The van der Waals surface area contributed by atoms with E-state index >= 15 is 0 Å². The topological polar surface area (TPSA) is 88.6 Å². The highest BCUT2D eigenvalue weighted by atomic mass is 35.5. The lowest BCUT2D eigenvalue weighted by molar-refractivity contribution is 0.0690. The number of ketones is 1. The van der Waals surface area contributed by atoms with Crippen molar-refractivity contribution in [3.8, 4) is 11.5 Å². The van der Waals surface area contributed by atoms with Crippen LogP contribution < -0.4 is 9.47 Å². The molecule has 1 aromatic carbocycles. The van der Waals surface area contributed by atoms with Crippen LogP contribution in [0.4, 0.5) is 0 Å². The van der Waals surface area contributed by atoms with Crippen LogP contribution in [0.2, 0.25) is 5.02 Å². The standard InChI is InChI=1S/C18H18ClNO5/c1-9-15(10(2)20-16(9)18(22)23)13(21)6-5-11-7-12(19)17(25-4)14(8-11)24-3/h5-8,20H,1-4H3,(H,22,23)/b6-5+. The van der Waals surface area contributed by atoms with Gasteiger partial charge in [-0.2, -0.15) is 0 Å². The zero-order valence-electron chi connectivity index (χ0n) is 14.3. The van der Waals surface area contributed by atoms with Crippen LogP contribution in [0.25, 0.3) is 6.08 Å². The van der Waals surface area contributed by atoms with Crippen LogP contribution in [0.3, 0.4) is 0 Å². The average molecular weight is 364 g/mol. The monoisotopic (exact) mass is 363 g/mol. The van der Waals surface area contributed by atoms with Crippen LogP contribution in [0.1, 0.15) is 37.7 Å². The van der Waals surface area contributed by atoms with Crippen molar-refractivity contribution in [3.63, 3.8) is 0 Å². The highest BCUT2D eigenvalue weighted by molar-refractivity contribution is 6.32. The van der Waals surface area contributed by atoms with Crippen molar-refractivity contribution in [2.24, 2.45) is 0 Å². The summed E-state index contributed by atoms with van der Waals surface area (Å²) >= 11 is 6.14. The summed E-state index contributed by atoms with van der Waals surface area (Å²) in [5, 5.41) is 9.49. The molecule has 0 spiro atoms. The number of carboxylic acid groups (broad SMARTS) is 1. The summed E-state index contributed by atoms with van der Waals surface area (Å²) in [6.07, 6.45) is 2.95. The van der Waals surface area contributed by atoms with Crippen molar-refractivity contribution in [3.05, 3.63) is 51.3 Å². The summed E-state index contributed by atoms with van der Waals surface area (Å²) in [5.74, 6) is -0.541. The van der Waals surface area contributed by atoms with Gasteiger partial charge in [-0.3, -0.25) is 4.79 Å². The molecule has 6 nitrogen and oxygen atoms in total. The Kier molecular flexibility index (Phi) is 5.54. The van der Waals surface area contributed by atoms with Gasteiger partial charge < -0.3 is 19.6 Å². The Morgan fingerprint density at radius 2 is 1.88 bits per heavy atom. The molecular weight excluding hydrogens is 346 g/mol. The fourth-order valence-corrected chi connectivity index (χ4v) is 2.92. The van der Waals surface area contributed by atoms with E-state index in [9.17, 15) is 9.59 Å². The van der Waals surface area contributed by atoms with Gasteiger partial charge in [-0.15, -0.1) is 0 Å². The third kappa shape index (κ3) is 3.69. The number of aromatic carboxylic acids is 1. The third-order valence-electron chi connectivity index (χ3n) is 3.78. The number of methoxy groups -OCH3 is 2. The number of rotatable bonds is 6. The maximum atomic E-state index is 12.5. The zero-order chi connectivity index (χ0) is 18.7. The van der Waals surface area contributed by atoms with Crippen LogP contribution in [0, 0.1) is 13.8 Å². The third-order valence-corrected chi connectivity index (χ3v) is 4.06. The highest BCUT2D eigenvalue weighted by Gasteiger charge is 2.20. The van der Waals surface area contributed by atoms with E-state index in [0.717, 1.165) is 0 Å². The number of allylic oxidation sites excluding steroid dienone is 1. The predicted molar refractivity (Wildman–Crippen MR) is 95.1 cm³/mol. The number of aryl methyl sites for hydroxylation is 1. The maximum Gasteiger partial charge on any atom is 0.352 e. The Labute approximate surface area is 150 Å². The van der Waals surface area contributed by atoms with Gasteiger partial charge in [0, 0.05) is 11.3 Å². The van der Waals surface area contributed by atoms with Gasteiger partial charge in [0.1, 0.15) is 5.69 Å². The van der Waals surface area contributed by atoms with Gasteiger partial charge in [-0.1, -0.05) is 17.7 Å². The molecule has 0 radical (unpaired) electrons. The van der Waals surface area contributed by atoms with Gasteiger partial charge in [-0.05, 0) is 43.2 Å². The van der Waals surface area contributed by atoms with Gasteiger partial charge in [-0.25, -0.2) is 4.79 Å². The summed E-state index contributed by atoms with van der Waals surface area (Å²) in [7, 11) is 2.98. The van der Waals surface area contributed by atoms with Crippen LogP contribution >= 0.6 is 11.6 Å². The number of carboxylic acids is 1. The normalized spacial score (nSPS) is 10.9. The second-order valence-corrected chi connectivity index (χ2v) is 5.77. The number of ether oxygens (including phenoxy) is 2. The Hall–Kier alpha value is -2.73. The smallest absolute Gasteiger partial charge is 0.352 e. The second-order valence-electron chi connectivity index (χ2n) is 5.37. The lowest BCUT2D eigenvalue weighted by Crippen LogP contribution is -2.01. The average Bonchev–Trinajstić information content (AvgIpc) is 2.86. The molecule has 0 aliphatic heterocycles. The van der Waals surface area contributed by atoms with Crippen molar-refractivity contribution in [2.45, 2.75) is 13.8 Å². The molecule has 132 valence electrons. The molecule has 0 aliphatic rings. The molecule has 2 rings (SSSR count). The molecule has 0 amide bonds. The van der Waals surface area contributed by atoms with Crippen molar-refractivity contribution in [2.75, 3.05) is 14.2 Å². The van der Waals surface area contributed by atoms with Gasteiger partial charge in [0.15, 0.2) is 17.3 Å². The molecule has 0 unspecified atom stereocenters. The lowest BCUT2D eigenvalue weighted by Gasteiger charge is -2.10. The Morgan fingerprint density at radius 1 is 1.20 bits per heavy atom. The minimum atomic E-state index is -1.10. The van der Waals surface area contributed by atoms with E-state index in [2.05, 4.69) is 4.98 Å². The minimum Gasteiger partial charge on any atom is -0.493 e. The van der Waals surface area contributed by atoms with Crippen molar-refractivity contribution >= 4 is 29.4 Å². The van der Waals surface area contributed by atoms with Gasteiger partial charge in [0.2, 0.25) is 0 Å². The molecule has 25 heavy (non-hydrogen) atoms. The lowest BCUT2D eigenvalue weighted by atomic mass is 10.0. The first-order valence-corrected chi connectivity index (χ1v) is 7.74. The van der Waals surface area contributed by atoms with E-state index < -0.39 is 5.97 Å². The first-order chi connectivity index (χ1) is 11.8. The summed E-state index contributed by atoms with van der Waals surface area (Å²) in [4.78, 5) is 26.3. The van der Waals surface area contributed by atoms with Crippen molar-refractivity contribution in [1.29, 1.82) is 0 Å². The van der Waals surface area contributed by atoms with Crippen LogP contribution in [-0.2, 0) is 0 Å². The molecule has 0 atom stereocenters. The molecule has 1 heterocycles. The number of nitrogens with one attached hydrogen (secondary N) is 1. The summed E-state index contributed by atoms with van der Waals surface area (Å²) in [5.41, 5.74) is 1.93. The van der Waals surface area contributed by atoms with Crippen LogP contribution in [0.15, 0.2) is 18.2 Å². The van der Waals surface area contributed by atoms with Gasteiger partial charge in [0.05, 0.1) is 19.2 Å². The summed E-state index contributed by atoms with van der Waals surface area (Å²) < 4.78 is 10.4. The molecule has 7 heteroatoms. The van der Waals surface area contributed by atoms with Crippen LogP contribution in [-0.4, -0.2) is 36.1 Å². The largest absolute Gasteiger partial charge is 0.493 e. The number of halogens is 1. The second kappa shape index (κ2) is 7.44. The number of hydrogen-bond donors (Lipinski definition) is 2. The molecule has 0 saturated heterocycles. The van der Waals surface area contributed by atoms with E-state index in [4.69, 9.17) is 26.2 Å². The molecular formula is C18H18ClNO5. The quantitative estimate of drug-likeness (QED) is 0.600. The van der Waals surface area contributed by atoms with E-state index in [0.29, 0.717) is 38.9 Å². The number of hydrogen-bond acceptors (Lipinski definition) is 4. The van der Waals surface area contributed by atoms with E-state index in [1.54, 1.807) is 32.1 Å². The van der Waals surface area contributed by atoms with Crippen molar-refractivity contribution in [1.82, 2.24) is 4.98 Å². The molecule has 2 N–H and O–H groups in total. The summed E-state index contributed by atoms with van der Waals surface area (Å²) in [6.45, 7) is 3.26. The summed E-state index contributed by atoms with van der Waals surface area (Å²) in [6, 6.07) is 3.33. The van der Waals surface area contributed by atoms with E-state index in [-0.39, 0.29) is 11.5 Å². The SMILES string of the molecule is COc1cc(/C=C/C(=O)c2c(C)[nH]c(C(=O)O)c2C)cc(Cl)c1OC. The first kappa shape index (κ1) is 18.6. The molecule has 0 fully saturated rings. The number of carbonyl (C=O) groups excluding carboxylic acids is 1. The first-order valence-electron chi connectivity index (χ1n) is 7.36. The molecule has 1 aromatic heterocycles. The molecule has 0 saturated carbocycles. The van der Waals surface area contributed by atoms with Crippen molar-refractivity contribution < 1.29 is 24.2 Å². The zero-order valence-corrected chi connectivity index (χ0v) is 15.0. The van der Waals surface area contributed by atoms with E-state index in [1.165, 1.54) is 20.3 Å². The highest BCUT2D eigenvalue weighted by Crippen LogP contribution is 2.36. The number of aromatic amines is 1. The van der Waals surface area contributed by atoms with Crippen LogP contribution in [0.5, 0.6) is 11.5 Å². The fourth-order valence-electron chi connectivity index (χ4n) is 2.62. The predicted octanol–water partition coefficient (Wildman–Crippen LogP) is 3.90. The number of aromatic nitrogens is 1. The number of benzene rings is 1. The molecule has 0 bridgehead atoms. The number of H-pyrrole nitrogens is 1. The Bertz CT molecular complexity index is 867. The minimum absolute atomic E-state index is 0.0170. The molecule has 2 aromatic rings. The maximum absolute atomic E-state index is 12.5.